The molecule has 0 bridgehead atoms. The molecule has 1 heterocycles. The highest BCUT2D eigenvalue weighted by Gasteiger charge is 2.26. The lowest BCUT2D eigenvalue weighted by Crippen LogP contribution is -2.44. The monoisotopic (exact) mass is 301 g/mol. The van der Waals surface area contributed by atoms with Gasteiger partial charge < -0.3 is 14.8 Å². The van der Waals surface area contributed by atoms with Crippen LogP contribution in [0.5, 0.6) is 11.5 Å². The Balaban J connectivity index is 1.50. The van der Waals surface area contributed by atoms with Crippen LogP contribution in [-0.4, -0.2) is 25.2 Å². The summed E-state index contributed by atoms with van der Waals surface area (Å²) in [5, 5.41) is 2.81. The van der Waals surface area contributed by atoms with Gasteiger partial charge in [0.05, 0.1) is 0 Å². The van der Waals surface area contributed by atoms with E-state index in [1.165, 1.54) is 12.1 Å². The van der Waals surface area contributed by atoms with Crippen LogP contribution in [0.1, 0.15) is 5.56 Å². The molecule has 114 valence electrons. The van der Waals surface area contributed by atoms with Crippen molar-refractivity contribution in [2.75, 3.05) is 13.2 Å². The highest BCUT2D eigenvalue weighted by atomic mass is 19.1. The van der Waals surface area contributed by atoms with E-state index in [1.54, 1.807) is 24.3 Å². The van der Waals surface area contributed by atoms with Crippen molar-refractivity contribution >= 4 is 5.91 Å². The Kier molecular flexibility index (Phi) is 4.23. The quantitative estimate of drug-likeness (QED) is 0.943. The summed E-state index contributed by atoms with van der Waals surface area (Å²) >= 11 is 0. The van der Waals surface area contributed by atoms with Gasteiger partial charge in [-0.3, -0.25) is 4.79 Å². The normalized spacial score (nSPS) is 16.1. The zero-order chi connectivity index (χ0) is 15.4. The number of hydrogen-bond acceptors (Lipinski definition) is 3. The lowest BCUT2D eigenvalue weighted by atomic mass is 10.1. The molecule has 0 unspecified atom stereocenters. The second-order valence-corrected chi connectivity index (χ2v) is 5.03. The number of para-hydroxylation sites is 2. The molecule has 22 heavy (non-hydrogen) atoms. The maximum absolute atomic E-state index is 12.8. The number of fused-ring (bicyclic) bond motifs is 1. The number of ether oxygens (including phenoxy) is 2. The fraction of sp³-hybridized carbons (Fsp3) is 0.235. The van der Waals surface area contributed by atoms with E-state index < -0.39 is 6.10 Å². The van der Waals surface area contributed by atoms with Crippen molar-refractivity contribution in [3.05, 3.63) is 59.9 Å². The van der Waals surface area contributed by atoms with Gasteiger partial charge in [0, 0.05) is 6.54 Å². The van der Waals surface area contributed by atoms with Crippen LogP contribution in [0.4, 0.5) is 4.39 Å². The van der Waals surface area contributed by atoms with Crippen molar-refractivity contribution in [1.82, 2.24) is 5.32 Å². The van der Waals surface area contributed by atoms with E-state index >= 15 is 0 Å². The van der Waals surface area contributed by atoms with Crippen molar-refractivity contribution in [2.45, 2.75) is 12.5 Å². The maximum Gasteiger partial charge on any atom is 0.264 e. The molecule has 1 amide bonds. The molecule has 0 aromatic heterocycles. The minimum atomic E-state index is -0.650. The Labute approximate surface area is 127 Å². The van der Waals surface area contributed by atoms with Crippen molar-refractivity contribution < 1.29 is 18.7 Å². The van der Waals surface area contributed by atoms with Gasteiger partial charge in [-0.05, 0) is 36.2 Å². The van der Waals surface area contributed by atoms with Gasteiger partial charge in [0.1, 0.15) is 12.4 Å². The van der Waals surface area contributed by atoms with Gasteiger partial charge >= 0.3 is 0 Å². The molecule has 2 aromatic carbocycles. The van der Waals surface area contributed by atoms with Crippen LogP contribution < -0.4 is 14.8 Å². The number of amides is 1. The Morgan fingerprint density at radius 1 is 1.14 bits per heavy atom. The molecule has 1 aliphatic heterocycles. The van der Waals surface area contributed by atoms with Crippen LogP contribution in [0.2, 0.25) is 0 Å². The van der Waals surface area contributed by atoms with Crippen molar-refractivity contribution in [1.29, 1.82) is 0 Å². The summed E-state index contributed by atoms with van der Waals surface area (Å²) in [6, 6.07) is 13.5. The summed E-state index contributed by atoms with van der Waals surface area (Å²) in [6.07, 6.45) is -0.0148. The standard InChI is InChI=1S/C17H16FNO3/c18-13-7-5-12(6-8-13)9-10-19-17(20)16-11-21-14-3-1-2-4-15(14)22-16/h1-8,16H,9-11H2,(H,19,20)/t16-/m0/s1. The number of hydrogen-bond donors (Lipinski definition) is 1. The predicted octanol–water partition coefficient (Wildman–Crippen LogP) is 2.32. The average Bonchev–Trinajstić information content (AvgIpc) is 2.56. The fourth-order valence-electron chi connectivity index (χ4n) is 2.24. The largest absolute Gasteiger partial charge is 0.485 e. The summed E-state index contributed by atoms with van der Waals surface area (Å²) in [5.74, 6) is 0.751. The van der Waals surface area contributed by atoms with E-state index in [0.29, 0.717) is 24.5 Å². The number of nitrogens with one attached hydrogen (secondary N) is 1. The van der Waals surface area contributed by atoms with Crippen molar-refractivity contribution in [2.24, 2.45) is 0 Å². The highest BCUT2D eigenvalue weighted by Crippen LogP contribution is 2.30. The first-order valence-electron chi connectivity index (χ1n) is 7.13. The van der Waals surface area contributed by atoms with E-state index in [2.05, 4.69) is 5.32 Å². The van der Waals surface area contributed by atoms with Gasteiger partial charge in [-0.1, -0.05) is 24.3 Å². The second kappa shape index (κ2) is 6.47. The molecule has 0 saturated heterocycles. The molecule has 3 rings (SSSR count). The van der Waals surface area contributed by atoms with Crippen LogP contribution in [0.3, 0.4) is 0 Å². The second-order valence-electron chi connectivity index (χ2n) is 5.03. The lowest BCUT2D eigenvalue weighted by molar-refractivity contribution is -0.130. The Morgan fingerprint density at radius 3 is 2.64 bits per heavy atom. The number of carbonyl (C=O) groups excluding carboxylic acids is 1. The third-order valence-corrected chi connectivity index (χ3v) is 3.43. The third-order valence-electron chi connectivity index (χ3n) is 3.43. The van der Waals surface area contributed by atoms with Crippen molar-refractivity contribution in [3.63, 3.8) is 0 Å². The highest BCUT2D eigenvalue weighted by molar-refractivity contribution is 5.81. The molecule has 4 nitrogen and oxygen atoms in total. The van der Waals surface area contributed by atoms with Gasteiger partial charge in [0.15, 0.2) is 11.5 Å². The van der Waals surface area contributed by atoms with Crippen LogP contribution in [0.25, 0.3) is 0 Å². The Hall–Kier alpha value is -2.56. The lowest BCUT2D eigenvalue weighted by Gasteiger charge is -2.25. The summed E-state index contributed by atoms with van der Waals surface area (Å²) in [7, 11) is 0. The first kappa shape index (κ1) is 14.4. The molecule has 5 heteroatoms. The zero-order valence-electron chi connectivity index (χ0n) is 11.9. The molecule has 0 radical (unpaired) electrons. The van der Waals surface area contributed by atoms with Gasteiger partial charge in [-0.25, -0.2) is 4.39 Å². The Morgan fingerprint density at radius 2 is 1.86 bits per heavy atom. The summed E-state index contributed by atoms with van der Waals surface area (Å²) in [6.45, 7) is 0.658. The maximum atomic E-state index is 12.8. The van der Waals surface area contributed by atoms with E-state index in [0.717, 1.165) is 5.56 Å². The molecule has 1 N–H and O–H groups in total. The molecule has 0 aliphatic carbocycles. The summed E-state index contributed by atoms with van der Waals surface area (Å²) in [5.41, 5.74) is 0.966. The number of halogens is 1. The van der Waals surface area contributed by atoms with E-state index in [4.69, 9.17) is 9.47 Å². The smallest absolute Gasteiger partial charge is 0.264 e. The van der Waals surface area contributed by atoms with Gasteiger partial charge in [-0.2, -0.15) is 0 Å². The molecule has 1 aliphatic rings. The van der Waals surface area contributed by atoms with E-state index in [-0.39, 0.29) is 18.3 Å². The summed E-state index contributed by atoms with van der Waals surface area (Å²) in [4.78, 5) is 12.1. The topological polar surface area (TPSA) is 47.6 Å². The molecular formula is C17H16FNO3. The van der Waals surface area contributed by atoms with Crippen molar-refractivity contribution in [3.8, 4) is 11.5 Å². The molecule has 0 spiro atoms. The molecule has 0 saturated carbocycles. The van der Waals surface area contributed by atoms with Gasteiger partial charge in [0.2, 0.25) is 6.10 Å². The fourth-order valence-corrected chi connectivity index (χ4v) is 2.24. The summed E-state index contributed by atoms with van der Waals surface area (Å²) < 4.78 is 23.9. The molecule has 2 aromatic rings. The number of rotatable bonds is 4. The third kappa shape index (κ3) is 3.36. The van der Waals surface area contributed by atoms with E-state index in [1.807, 2.05) is 12.1 Å². The first-order valence-corrected chi connectivity index (χ1v) is 7.13. The first-order chi connectivity index (χ1) is 10.7. The minimum absolute atomic E-state index is 0.194. The van der Waals surface area contributed by atoms with Gasteiger partial charge in [0.25, 0.3) is 5.91 Å². The molecule has 0 fully saturated rings. The zero-order valence-corrected chi connectivity index (χ0v) is 11.9. The van der Waals surface area contributed by atoms with Crippen LogP contribution >= 0.6 is 0 Å². The number of benzene rings is 2. The van der Waals surface area contributed by atoms with E-state index in [9.17, 15) is 9.18 Å². The predicted molar refractivity (Wildman–Crippen MR) is 79.5 cm³/mol. The minimum Gasteiger partial charge on any atom is -0.485 e. The average molecular weight is 301 g/mol. The Bertz CT molecular complexity index is 657. The van der Waals surface area contributed by atoms with Gasteiger partial charge in [-0.15, -0.1) is 0 Å². The number of carbonyl (C=O) groups is 1. The van der Waals surface area contributed by atoms with Crippen LogP contribution in [-0.2, 0) is 11.2 Å². The SMILES string of the molecule is O=C(NCCc1ccc(F)cc1)[C@@H]1COc2ccccc2O1. The molecular weight excluding hydrogens is 285 g/mol. The molecule has 1 atom stereocenters. The van der Waals surface area contributed by atoms with Crippen LogP contribution in [0.15, 0.2) is 48.5 Å². The van der Waals surface area contributed by atoms with Crippen LogP contribution in [0, 0.1) is 5.82 Å².